The summed E-state index contributed by atoms with van der Waals surface area (Å²) in [6, 6.07) is 0. The normalized spacial score (nSPS) is 32.1. The lowest BCUT2D eigenvalue weighted by Gasteiger charge is -2.20. The van der Waals surface area contributed by atoms with E-state index in [1.807, 2.05) is 5.43 Å². The average molecular weight is 146 g/mol. The molecule has 0 aromatic rings. The second kappa shape index (κ2) is 2.48. The molecule has 0 bridgehead atoms. The summed E-state index contributed by atoms with van der Waals surface area (Å²) < 4.78 is 25.3. The van der Waals surface area contributed by atoms with E-state index >= 15 is 0 Å². The zero-order chi connectivity index (χ0) is 7.61. The lowest BCUT2D eigenvalue weighted by molar-refractivity contribution is 0.175. The molecule has 1 atom stereocenters. The van der Waals surface area contributed by atoms with Crippen molar-refractivity contribution in [3.8, 4) is 0 Å². The quantitative estimate of drug-likeness (QED) is 0.328. The van der Waals surface area contributed by atoms with Crippen LogP contribution in [-0.2, 0) is 0 Å². The van der Waals surface area contributed by atoms with Crippen molar-refractivity contribution in [3.63, 3.8) is 0 Å². The third-order valence-electron chi connectivity index (χ3n) is 1.30. The molecule has 1 rings (SSSR count). The van der Waals surface area contributed by atoms with Crippen molar-refractivity contribution < 1.29 is 8.78 Å². The maximum absolute atomic E-state index is 12.9. The molecule has 0 aromatic carbocycles. The zero-order valence-corrected chi connectivity index (χ0v) is 5.27. The van der Waals surface area contributed by atoms with Crippen LogP contribution >= 0.6 is 0 Å². The Morgan fingerprint density at radius 1 is 1.70 bits per heavy atom. The summed E-state index contributed by atoms with van der Waals surface area (Å²) in [4.78, 5) is 0. The smallest absolute Gasteiger partial charge is 0.198 e. The highest BCUT2D eigenvalue weighted by molar-refractivity contribution is 5.22. The molecular weight excluding hydrogens is 138 g/mol. The number of alkyl halides is 1. The molecule has 10 heavy (non-hydrogen) atoms. The van der Waals surface area contributed by atoms with Gasteiger partial charge in [0.15, 0.2) is 5.79 Å². The minimum atomic E-state index is -1.90. The Kier molecular flexibility index (Phi) is 1.82. The second-order valence-corrected chi connectivity index (χ2v) is 2.14. The molecule has 0 spiro atoms. The summed E-state index contributed by atoms with van der Waals surface area (Å²) in [5.41, 5.74) is 1.88. The van der Waals surface area contributed by atoms with Gasteiger partial charge in [-0.25, -0.2) is 14.2 Å². The van der Waals surface area contributed by atoms with Crippen LogP contribution in [-0.4, -0.2) is 5.79 Å². The monoisotopic (exact) mass is 146 g/mol. The average Bonchev–Trinajstić information content (AvgIpc) is 1.88. The van der Waals surface area contributed by atoms with Gasteiger partial charge in [0.1, 0.15) is 5.83 Å². The van der Waals surface area contributed by atoms with Gasteiger partial charge >= 0.3 is 0 Å². The van der Waals surface area contributed by atoms with E-state index in [-0.39, 0.29) is 6.42 Å². The molecule has 0 saturated carbocycles. The number of rotatable bonds is 1. The fourth-order valence-electron chi connectivity index (χ4n) is 0.769. The Labute approximate surface area is 57.4 Å². The van der Waals surface area contributed by atoms with Crippen molar-refractivity contribution in [2.24, 2.45) is 5.84 Å². The molecule has 0 fully saturated rings. The largest absolute Gasteiger partial charge is 0.268 e. The standard InChI is InChI=1S/C6H8F2N2/c7-5-2-1-3-6(8,4-5)10-9/h1-2,4,10H,3,9H2. The third-order valence-corrected chi connectivity index (χ3v) is 1.30. The molecule has 0 radical (unpaired) electrons. The van der Waals surface area contributed by atoms with Crippen molar-refractivity contribution in [1.29, 1.82) is 0 Å². The van der Waals surface area contributed by atoms with Gasteiger partial charge in [-0.3, -0.25) is 5.84 Å². The molecule has 0 amide bonds. The van der Waals surface area contributed by atoms with Crippen LogP contribution in [0, 0.1) is 0 Å². The topological polar surface area (TPSA) is 38.0 Å². The Bertz CT molecular complexity index is 188. The molecule has 0 aromatic heterocycles. The summed E-state index contributed by atoms with van der Waals surface area (Å²) in [7, 11) is 0. The molecule has 0 saturated heterocycles. The molecule has 1 aliphatic rings. The molecule has 56 valence electrons. The van der Waals surface area contributed by atoms with Gasteiger partial charge in [0.05, 0.1) is 0 Å². The van der Waals surface area contributed by atoms with Crippen LogP contribution in [0.1, 0.15) is 6.42 Å². The molecule has 1 aliphatic carbocycles. The first kappa shape index (κ1) is 7.37. The van der Waals surface area contributed by atoms with Gasteiger partial charge in [-0.1, -0.05) is 6.08 Å². The van der Waals surface area contributed by atoms with Crippen LogP contribution in [0.15, 0.2) is 24.1 Å². The van der Waals surface area contributed by atoms with Crippen LogP contribution < -0.4 is 11.3 Å². The van der Waals surface area contributed by atoms with Gasteiger partial charge in [0.25, 0.3) is 0 Å². The van der Waals surface area contributed by atoms with Crippen molar-refractivity contribution >= 4 is 0 Å². The van der Waals surface area contributed by atoms with E-state index in [4.69, 9.17) is 5.84 Å². The third kappa shape index (κ3) is 1.40. The highest BCUT2D eigenvalue weighted by Gasteiger charge is 2.26. The summed E-state index contributed by atoms with van der Waals surface area (Å²) in [5, 5.41) is 0. The molecule has 4 heteroatoms. The molecule has 0 aliphatic heterocycles. The highest BCUT2D eigenvalue weighted by Crippen LogP contribution is 2.22. The van der Waals surface area contributed by atoms with Crippen LogP contribution in [0.5, 0.6) is 0 Å². The van der Waals surface area contributed by atoms with Crippen LogP contribution in [0.3, 0.4) is 0 Å². The number of hydrogen-bond acceptors (Lipinski definition) is 2. The van der Waals surface area contributed by atoms with E-state index in [1.165, 1.54) is 12.2 Å². The summed E-state index contributed by atoms with van der Waals surface area (Å²) >= 11 is 0. The van der Waals surface area contributed by atoms with Crippen molar-refractivity contribution in [3.05, 3.63) is 24.1 Å². The SMILES string of the molecule is NNC1(F)C=C(F)C=CC1. The van der Waals surface area contributed by atoms with E-state index in [2.05, 4.69) is 0 Å². The minimum Gasteiger partial charge on any atom is -0.268 e. The maximum atomic E-state index is 12.9. The Morgan fingerprint density at radius 3 is 2.80 bits per heavy atom. The van der Waals surface area contributed by atoms with Gasteiger partial charge in [-0.15, -0.1) is 0 Å². The number of allylic oxidation sites excluding steroid dienone is 2. The van der Waals surface area contributed by atoms with E-state index in [0.29, 0.717) is 0 Å². The predicted octanol–water partition coefficient (Wildman–Crippen LogP) is 0.929. The molecule has 1 unspecified atom stereocenters. The van der Waals surface area contributed by atoms with E-state index < -0.39 is 11.6 Å². The maximum Gasteiger partial charge on any atom is 0.198 e. The fourth-order valence-corrected chi connectivity index (χ4v) is 0.769. The number of hydrogen-bond donors (Lipinski definition) is 2. The van der Waals surface area contributed by atoms with Gasteiger partial charge in [-0.05, 0) is 6.08 Å². The molecule has 2 nitrogen and oxygen atoms in total. The molecular formula is C6H8F2N2. The summed E-state index contributed by atoms with van der Waals surface area (Å²) in [5.74, 6) is 2.32. The van der Waals surface area contributed by atoms with Gasteiger partial charge in [-0.2, -0.15) is 0 Å². The first-order valence-electron chi connectivity index (χ1n) is 2.88. The number of nitrogens with two attached hydrogens (primary N) is 1. The molecule has 0 heterocycles. The minimum absolute atomic E-state index is 0.0664. The lowest BCUT2D eigenvalue weighted by atomic mass is 10.1. The summed E-state index contributed by atoms with van der Waals surface area (Å²) in [6.45, 7) is 0. The fraction of sp³-hybridized carbons (Fsp3) is 0.333. The van der Waals surface area contributed by atoms with Crippen molar-refractivity contribution in [2.75, 3.05) is 0 Å². The number of nitrogens with one attached hydrogen (secondary N) is 1. The Morgan fingerprint density at radius 2 is 2.40 bits per heavy atom. The Hall–Kier alpha value is -0.740. The highest BCUT2D eigenvalue weighted by atomic mass is 19.2. The van der Waals surface area contributed by atoms with Crippen molar-refractivity contribution in [2.45, 2.75) is 12.2 Å². The van der Waals surface area contributed by atoms with Gasteiger partial charge < -0.3 is 0 Å². The van der Waals surface area contributed by atoms with Crippen LogP contribution in [0.2, 0.25) is 0 Å². The van der Waals surface area contributed by atoms with Crippen molar-refractivity contribution in [1.82, 2.24) is 5.43 Å². The number of hydrazine groups is 1. The number of halogens is 2. The van der Waals surface area contributed by atoms with E-state index in [9.17, 15) is 8.78 Å². The molecule has 3 N–H and O–H groups in total. The zero-order valence-electron chi connectivity index (χ0n) is 5.27. The predicted molar refractivity (Wildman–Crippen MR) is 34.1 cm³/mol. The summed E-state index contributed by atoms with van der Waals surface area (Å²) in [6.07, 6.45) is 3.47. The van der Waals surface area contributed by atoms with E-state index in [1.54, 1.807) is 0 Å². The van der Waals surface area contributed by atoms with Gasteiger partial charge in [0.2, 0.25) is 0 Å². The first-order chi connectivity index (χ1) is 4.66. The van der Waals surface area contributed by atoms with Crippen LogP contribution in [0.4, 0.5) is 8.78 Å². The van der Waals surface area contributed by atoms with E-state index in [0.717, 1.165) is 6.08 Å². The van der Waals surface area contributed by atoms with Gasteiger partial charge in [0, 0.05) is 12.5 Å². The second-order valence-electron chi connectivity index (χ2n) is 2.14. The first-order valence-corrected chi connectivity index (χ1v) is 2.88. The lowest BCUT2D eigenvalue weighted by Crippen LogP contribution is -2.44. The van der Waals surface area contributed by atoms with Crippen LogP contribution in [0.25, 0.3) is 0 Å². The Balaban J connectivity index is 2.76.